The number of Topliss-reactive ketones (excluding diaryl/α,β-unsaturated/α-hetero) is 1. The lowest BCUT2D eigenvalue weighted by molar-refractivity contribution is -0.118. The molecule has 2 aromatic carbocycles. The van der Waals surface area contributed by atoms with E-state index < -0.39 is 5.82 Å². The minimum absolute atomic E-state index is 0.148. The van der Waals surface area contributed by atoms with Crippen molar-refractivity contribution in [2.75, 3.05) is 11.9 Å². The molecule has 2 aromatic rings. The first-order valence-corrected chi connectivity index (χ1v) is 8.57. The Bertz CT molecular complexity index is 822. The van der Waals surface area contributed by atoms with Gasteiger partial charge in [-0.05, 0) is 58.8 Å². The minimum atomic E-state index is -0.404. The molecule has 6 heteroatoms. The van der Waals surface area contributed by atoms with Crippen molar-refractivity contribution < 1.29 is 18.7 Å². The van der Waals surface area contributed by atoms with Gasteiger partial charge in [0.05, 0.1) is 5.56 Å². The average molecular weight is 439 g/mol. The molecule has 1 aliphatic carbocycles. The topological polar surface area (TPSA) is 55.4 Å². The lowest BCUT2D eigenvalue weighted by Crippen LogP contribution is -2.20. The Balaban J connectivity index is 1.72. The monoisotopic (exact) mass is 439 g/mol. The molecule has 0 saturated heterocycles. The van der Waals surface area contributed by atoms with Crippen LogP contribution in [-0.4, -0.2) is 18.3 Å². The number of benzene rings is 2. The Kier molecular flexibility index (Phi) is 4.84. The van der Waals surface area contributed by atoms with Crippen LogP contribution in [0.3, 0.4) is 0 Å². The molecule has 1 aliphatic rings. The number of rotatable bonds is 4. The van der Waals surface area contributed by atoms with E-state index >= 15 is 0 Å². The van der Waals surface area contributed by atoms with Crippen molar-refractivity contribution in [3.8, 4) is 5.75 Å². The molecule has 124 valence electrons. The molecule has 0 unspecified atom stereocenters. The van der Waals surface area contributed by atoms with Gasteiger partial charge in [0.1, 0.15) is 11.6 Å². The Morgan fingerprint density at radius 1 is 1.38 bits per heavy atom. The molecular weight excluding hydrogens is 424 g/mol. The van der Waals surface area contributed by atoms with Gasteiger partial charge in [0.2, 0.25) is 0 Å². The van der Waals surface area contributed by atoms with E-state index in [4.69, 9.17) is 4.74 Å². The lowest BCUT2D eigenvalue weighted by atomic mass is 10.0. The number of hydrogen-bond acceptors (Lipinski definition) is 3. The molecule has 0 heterocycles. The molecule has 0 radical (unpaired) electrons. The van der Waals surface area contributed by atoms with Crippen LogP contribution in [0.5, 0.6) is 5.75 Å². The summed E-state index contributed by atoms with van der Waals surface area (Å²) in [5, 5.41) is 2.72. The second kappa shape index (κ2) is 6.88. The predicted octanol–water partition coefficient (Wildman–Crippen LogP) is 4.14. The summed E-state index contributed by atoms with van der Waals surface area (Å²) in [6, 6.07) is 10.1. The smallest absolute Gasteiger partial charge is 0.262 e. The molecule has 1 amide bonds. The fourth-order valence-electron chi connectivity index (χ4n) is 2.85. The van der Waals surface area contributed by atoms with Crippen molar-refractivity contribution in [1.29, 1.82) is 0 Å². The molecule has 0 saturated carbocycles. The standard InChI is InChI=1S/C18H15FINO3/c1-10-7-14(22)18-15(6-5-13(19)17(10)18)24-9-16(23)21-12-4-2-3-11(20)8-12/h2-6,8,10H,7,9H2,1H3,(H,21,23)/t10-/m1/s1. The van der Waals surface area contributed by atoms with Crippen LogP contribution in [0.4, 0.5) is 10.1 Å². The normalized spacial score (nSPS) is 16.0. The molecule has 0 bridgehead atoms. The van der Waals surface area contributed by atoms with E-state index in [0.29, 0.717) is 11.3 Å². The van der Waals surface area contributed by atoms with Crippen LogP contribution in [0.15, 0.2) is 36.4 Å². The number of nitrogens with one attached hydrogen (secondary N) is 1. The van der Waals surface area contributed by atoms with Crippen molar-refractivity contribution in [2.45, 2.75) is 19.3 Å². The van der Waals surface area contributed by atoms with E-state index in [-0.39, 0.29) is 41.9 Å². The van der Waals surface area contributed by atoms with Crippen molar-refractivity contribution in [3.63, 3.8) is 0 Å². The fourth-order valence-corrected chi connectivity index (χ4v) is 3.40. The summed E-state index contributed by atoms with van der Waals surface area (Å²) in [4.78, 5) is 24.1. The second-order valence-corrected chi connectivity index (χ2v) is 6.96. The maximum Gasteiger partial charge on any atom is 0.262 e. The van der Waals surface area contributed by atoms with Gasteiger partial charge in [-0.2, -0.15) is 0 Å². The Hall–Kier alpha value is -1.96. The largest absolute Gasteiger partial charge is 0.483 e. The van der Waals surface area contributed by atoms with Crippen molar-refractivity contribution in [2.24, 2.45) is 0 Å². The summed E-state index contributed by atoms with van der Waals surface area (Å²) in [5.41, 5.74) is 1.32. The zero-order chi connectivity index (χ0) is 17.3. The van der Waals surface area contributed by atoms with E-state index in [1.54, 1.807) is 13.0 Å². The maximum atomic E-state index is 13.9. The summed E-state index contributed by atoms with van der Waals surface area (Å²) in [6.45, 7) is 1.56. The van der Waals surface area contributed by atoms with Crippen molar-refractivity contribution in [3.05, 3.63) is 56.9 Å². The molecular formula is C18H15FINO3. The Morgan fingerprint density at radius 2 is 2.17 bits per heavy atom. The molecule has 1 N–H and O–H groups in total. The highest BCUT2D eigenvalue weighted by Crippen LogP contribution is 2.39. The number of amides is 1. The van der Waals surface area contributed by atoms with Gasteiger partial charge in [0.15, 0.2) is 12.4 Å². The number of ketones is 1. The number of anilines is 1. The number of hydrogen-bond donors (Lipinski definition) is 1. The van der Waals surface area contributed by atoms with Gasteiger partial charge in [-0.15, -0.1) is 0 Å². The first-order chi connectivity index (χ1) is 11.5. The summed E-state index contributed by atoms with van der Waals surface area (Å²) >= 11 is 2.15. The molecule has 0 aromatic heterocycles. The van der Waals surface area contributed by atoms with Gasteiger partial charge in [0, 0.05) is 21.2 Å². The third-order valence-electron chi connectivity index (χ3n) is 3.88. The summed E-state index contributed by atoms with van der Waals surface area (Å²) in [5.74, 6) is -0.799. The van der Waals surface area contributed by atoms with E-state index in [0.717, 1.165) is 3.57 Å². The number of carbonyl (C=O) groups is 2. The van der Waals surface area contributed by atoms with E-state index in [2.05, 4.69) is 27.9 Å². The highest BCUT2D eigenvalue weighted by atomic mass is 127. The summed E-state index contributed by atoms with van der Waals surface area (Å²) in [7, 11) is 0. The van der Waals surface area contributed by atoms with Gasteiger partial charge >= 0.3 is 0 Å². The number of carbonyl (C=O) groups excluding carboxylic acids is 2. The van der Waals surface area contributed by atoms with E-state index in [9.17, 15) is 14.0 Å². The third-order valence-corrected chi connectivity index (χ3v) is 4.56. The van der Waals surface area contributed by atoms with Crippen LogP contribution in [0.25, 0.3) is 0 Å². The quantitative estimate of drug-likeness (QED) is 0.729. The average Bonchev–Trinajstić information content (AvgIpc) is 2.83. The van der Waals surface area contributed by atoms with Crippen LogP contribution in [0.1, 0.15) is 35.2 Å². The zero-order valence-corrected chi connectivity index (χ0v) is 15.1. The van der Waals surface area contributed by atoms with Gasteiger partial charge in [-0.3, -0.25) is 9.59 Å². The van der Waals surface area contributed by atoms with Gasteiger partial charge < -0.3 is 10.1 Å². The van der Waals surface area contributed by atoms with Gasteiger partial charge in [-0.25, -0.2) is 4.39 Å². The van der Waals surface area contributed by atoms with Crippen molar-refractivity contribution >= 4 is 40.0 Å². The number of halogens is 2. The lowest BCUT2D eigenvalue weighted by Gasteiger charge is -2.12. The SMILES string of the molecule is C[C@@H]1CC(=O)c2c(OCC(=O)Nc3cccc(I)c3)ccc(F)c21. The van der Waals surface area contributed by atoms with E-state index in [1.165, 1.54) is 12.1 Å². The first kappa shape index (κ1) is 16.9. The van der Waals surface area contributed by atoms with Crippen LogP contribution in [0, 0.1) is 9.39 Å². The van der Waals surface area contributed by atoms with Gasteiger partial charge in [0.25, 0.3) is 5.91 Å². The highest BCUT2D eigenvalue weighted by Gasteiger charge is 2.32. The van der Waals surface area contributed by atoms with Crippen LogP contribution in [-0.2, 0) is 4.79 Å². The minimum Gasteiger partial charge on any atom is -0.483 e. The number of ether oxygens (including phenoxy) is 1. The van der Waals surface area contributed by atoms with Crippen LogP contribution in [0.2, 0.25) is 0 Å². The van der Waals surface area contributed by atoms with Crippen LogP contribution < -0.4 is 10.1 Å². The zero-order valence-electron chi connectivity index (χ0n) is 12.9. The molecule has 0 fully saturated rings. The first-order valence-electron chi connectivity index (χ1n) is 7.49. The second-order valence-electron chi connectivity index (χ2n) is 5.71. The van der Waals surface area contributed by atoms with Crippen LogP contribution >= 0.6 is 22.6 Å². The number of fused-ring (bicyclic) bond motifs is 1. The molecule has 24 heavy (non-hydrogen) atoms. The van der Waals surface area contributed by atoms with E-state index in [1.807, 2.05) is 18.2 Å². The fraction of sp³-hybridized carbons (Fsp3) is 0.222. The molecule has 0 spiro atoms. The maximum absolute atomic E-state index is 13.9. The summed E-state index contributed by atoms with van der Waals surface area (Å²) < 4.78 is 20.4. The molecule has 1 atom stereocenters. The van der Waals surface area contributed by atoms with Crippen molar-refractivity contribution in [1.82, 2.24) is 0 Å². The molecule has 3 rings (SSSR count). The summed E-state index contributed by atoms with van der Waals surface area (Å²) in [6.07, 6.45) is 0.265. The third kappa shape index (κ3) is 3.43. The molecule has 0 aliphatic heterocycles. The van der Waals surface area contributed by atoms with Gasteiger partial charge in [-0.1, -0.05) is 13.0 Å². The molecule has 4 nitrogen and oxygen atoms in total. The predicted molar refractivity (Wildman–Crippen MR) is 97.0 cm³/mol. The highest BCUT2D eigenvalue weighted by molar-refractivity contribution is 14.1. The Morgan fingerprint density at radius 3 is 2.92 bits per heavy atom. The Labute approximate surface area is 152 Å².